The van der Waals surface area contributed by atoms with Gasteiger partial charge in [-0.25, -0.2) is 18.4 Å². The van der Waals surface area contributed by atoms with Crippen molar-refractivity contribution in [2.24, 2.45) is 0 Å². The highest BCUT2D eigenvalue weighted by molar-refractivity contribution is 7.89. The van der Waals surface area contributed by atoms with Gasteiger partial charge in [0.05, 0.1) is 17.7 Å². The van der Waals surface area contributed by atoms with E-state index < -0.39 is 10.0 Å². The smallest absolute Gasteiger partial charge is 0.243 e. The summed E-state index contributed by atoms with van der Waals surface area (Å²) in [7, 11) is -1.97. The Balaban J connectivity index is 1.49. The maximum atomic E-state index is 13.1. The molecule has 0 amide bonds. The number of benzene rings is 2. The van der Waals surface area contributed by atoms with E-state index >= 15 is 0 Å². The van der Waals surface area contributed by atoms with E-state index in [4.69, 9.17) is 16.3 Å². The number of nitrogens with zero attached hydrogens (tertiary/aromatic N) is 4. The molecule has 1 saturated heterocycles. The third-order valence-corrected chi connectivity index (χ3v) is 7.64. The van der Waals surface area contributed by atoms with Crippen LogP contribution in [0.25, 0.3) is 11.3 Å². The highest BCUT2D eigenvalue weighted by Crippen LogP contribution is 2.27. The molecule has 31 heavy (non-hydrogen) atoms. The summed E-state index contributed by atoms with van der Waals surface area (Å²) in [5.41, 5.74) is 2.45. The van der Waals surface area contributed by atoms with Gasteiger partial charge in [0.25, 0.3) is 0 Å². The summed E-state index contributed by atoms with van der Waals surface area (Å²) in [5.74, 6) is 1.56. The van der Waals surface area contributed by atoms with Gasteiger partial charge in [-0.2, -0.15) is 4.31 Å². The van der Waals surface area contributed by atoms with Crippen molar-refractivity contribution in [1.82, 2.24) is 14.3 Å². The molecule has 0 unspecified atom stereocenters. The summed E-state index contributed by atoms with van der Waals surface area (Å²) in [6, 6.07) is 14.5. The lowest BCUT2D eigenvalue weighted by molar-refractivity contribution is 0.383. The number of hydrogen-bond acceptors (Lipinski definition) is 6. The van der Waals surface area contributed by atoms with Gasteiger partial charge in [-0.15, -0.1) is 0 Å². The Morgan fingerprint density at radius 2 is 1.68 bits per heavy atom. The van der Waals surface area contributed by atoms with Crippen molar-refractivity contribution in [3.63, 3.8) is 0 Å². The van der Waals surface area contributed by atoms with Gasteiger partial charge >= 0.3 is 0 Å². The molecule has 7 nitrogen and oxygen atoms in total. The number of hydrogen-bond donors (Lipinski definition) is 0. The summed E-state index contributed by atoms with van der Waals surface area (Å²) in [5, 5.41) is 0.412. The van der Waals surface area contributed by atoms with Crippen molar-refractivity contribution in [2.75, 3.05) is 38.2 Å². The second-order valence-corrected chi connectivity index (χ2v) is 9.63. The lowest BCUT2D eigenvalue weighted by Gasteiger charge is -2.35. The van der Waals surface area contributed by atoms with E-state index in [9.17, 15) is 8.42 Å². The Morgan fingerprint density at radius 1 is 0.968 bits per heavy atom. The van der Waals surface area contributed by atoms with Crippen LogP contribution in [0.4, 0.5) is 5.82 Å². The van der Waals surface area contributed by atoms with Crippen molar-refractivity contribution in [2.45, 2.75) is 11.8 Å². The van der Waals surface area contributed by atoms with E-state index in [1.165, 1.54) is 16.7 Å². The number of halogens is 1. The zero-order valence-corrected chi connectivity index (χ0v) is 18.9. The summed E-state index contributed by atoms with van der Waals surface area (Å²) in [6.45, 7) is 3.60. The molecule has 0 N–H and O–H groups in total. The third kappa shape index (κ3) is 4.51. The van der Waals surface area contributed by atoms with E-state index in [1.807, 2.05) is 30.3 Å². The molecule has 0 saturated carbocycles. The van der Waals surface area contributed by atoms with Crippen LogP contribution in [0.15, 0.2) is 59.8 Å². The summed E-state index contributed by atoms with van der Waals surface area (Å²) < 4.78 is 32.9. The first-order valence-corrected chi connectivity index (χ1v) is 11.7. The van der Waals surface area contributed by atoms with Gasteiger partial charge in [0, 0.05) is 42.8 Å². The topological polar surface area (TPSA) is 75.6 Å². The molecule has 4 rings (SSSR count). The Morgan fingerprint density at radius 3 is 2.35 bits per heavy atom. The molecule has 1 aromatic heterocycles. The average Bonchev–Trinajstić information content (AvgIpc) is 2.81. The van der Waals surface area contributed by atoms with Crippen LogP contribution in [0.5, 0.6) is 5.75 Å². The molecule has 0 atom stereocenters. The molecule has 2 heterocycles. The van der Waals surface area contributed by atoms with Gasteiger partial charge in [0.15, 0.2) is 0 Å². The van der Waals surface area contributed by atoms with Crippen LogP contribution in [0.3, 0.4) is 0 Å². The quantitative estimate of drug-likeness (QED) is 0.581. The molecule has 9 heteroatoms. The maximum Gasteiger partial charge on any atom is 0.243 e. The molecule has 1 fully saturated rings. The fourth-order valence-corrected chi connectivity index (χ4v) is 5.50. The molecule has 2 aromatic carbocycles. The summed E-state index contributed by atoms with van der Waals surface area (Å²) in [4.78, 5) is 11.1. The van der Waals surface area contributed by atoms with Gasteiger partial charge in [0.1, 0.15) is 17.9 Å². The fourth-order valence-electron chi connectivity index (χ4n) is 3.59. The molecule has 0 bridgehead atoms. The number of aryl methyl sites for hydroxylation is 1. The second-order valence-electron chi connectivity index (χ2n) is 7.29. The van der Waals surface area contributed by atoms with Gasteiger partial charge in [-0.05, 0) is 48.9 Å². The summed E-state index contributed by atoms with van der Waals surface area (Å²) in [6.07, 6.45) is 1.54. The molecule has 1 aliphatic heterocycles. The molecular formula is C22H23ClN4O3S. The number of methoxy groups -OCH3 is 1. The number of piperazine rings is 1. The van der Waals surface area contributed by atoms with E-state index in [2.05, 4.69) is 14.9 Å². The van der Waals surface area contributed by atoms with E-state index in [1.54, 1.807) is 26.2 Å². The number of rotatable bonds is 5. The first-order chi connectivity index (χ1) is 14.9. The highest BCUT2D eigenvalue weighted by atomic mass is 35.5. The Labute approximate surface area is 187 Å². The third-order valence-electron chi connectivity index (χ3n) is 5.37. The average molecular weight is 459 g/mol. The molecule has 1 aliphatic rings. The number of aromatic nitrogens is 2. The minimum absolute atomic E-state index is 0.261. The predicted molar refractivity (Wildman–Crippen MR) is 121 cm³/mol. The SMILES string of the molecule is COc1ccc(-c2cc(N3CCN(S(=O)(=O)c4cc(Cl)ccc4C)CC3)ncn2)cc1. The summed E-state index contributed by atoms with van der Waals surface area (Å²) >= 11 is 6.03. The first-order valence-electron chi connectivity index (χ1n) is 9.86. The van der Waals surface area contributed by atoms with Crippen molar-refractivity contribution in [3.05, 3.63) is 65.4 Å². The van der Waals surface area contributed by atoms with Crippen LogP contribution in [-0.2, 0) is 10.0 Å². The fraction of sp³-hybridized carbons (Fsp3) is 0.273. The van der Waals surface area contributed by atoms with Crippen LogP contribution in [0, 0.1) is 6.92 Å². The van der Waals surface area contributed by atoms with E-state index in [0.29, 0.717) is 36.8 Å². The second kappa shape index (κ2) is 8.82. The molecular weight excluding hydrogens is 436 g/mol. The normalized spacial score (nSPS) is 15.1. The van der Waals surface area contributed by atoms with Crippen molar-refractivity contribution < 1.29 is 13.2 Å². The van der Waals surface area contributed by atoms with Gasteiger partial charge in [0.2, 0.25) is 10.0 Å². The Bertz CT molecular complexity index is 1180. The van der Waals surface area contributed by atoms with Crippen LogP contribution >= 0.6 is 11.6 Å². The minimum atomic E-state index is -3.60. The maximum absolute atomic E-state index is 13.1. The zero-order valence-electron chi connectivity index (χ0n) is 17.3. The standard InChI is InChI=1S/C22H23ClN4O3S/c1-16-3-6-18(23)13-21(16)31(28,29)27-11-9-26(10-12-27)22-14-20(24-15-25-22)17-4-7-19(30-2)8-5-17/h3-8,13-15H,9-12H2,1-2H3. The first kappa shape index (κ1) is 21.5. The number of ether oxygens (including phenoxy) is 1. The van der Waals surface area contributed by atoms with Crippen molar-refractivity contribution in [1.29, 1.82) is 0 Å². The van der Waals surface area contributed by atoms with Crippen LogP contribution in [0.1, 0.15) is 5.56 Å². The van der Waals surface area contributed by atoms with Gasteiger partial charge in [-0.3, -0.25) is 0 Å². The highest BCUT2D eigenvalue weighted by Gasteiger charge is 2.30. The molecule has 0 spiro atoms. The van der Waals surface area contributed by atoms with E-state index in [-0.39, 0.29) is 4.90 Å². The lowest BCUT2D eigenvalue weighted by Crippen LogP contribution is -2.49. The zero-order chi connectivity index (χ0) is 22.0. The van der Waals surface area contributed by atoms with Gasteiger partial charge < -0.3 is 9.64 Å². The van der Waals surface area contributed by atoms with Crippen LogP contribution in [-0.4, -0.2) is 56.0 Å². The van der Waals surface area contributed by atoms with Crippen LogP contribution < -0.4 is 9.64 Å². The Hall–Kier alpha value is -2.68. The van der Waals surface area contributed by atoms with Crippen LogP contribution in [0.2, 0.25) is 5.02 Å². The van der Waals surface area contributed by atoms with Gasteiger partial charge in [-0.1, -0.05) is 17.7 Å². The van der Waals surface area contributed by atoms with Crippen molar-refractivity contribution >= 4 is 27.4 Å². The Kier molecular flexibility index (Phi) is 6.13. The van der Waals surface area contributed by atoms with E-state index in [0.717, 1.165) is 22.8 Å². The predicted octanol–water partition coefficient (Wildman–Crippen LogP) is 3.62. The molecule has 0 aliphatic carbocycles. The minimum Gasteiger partial charge on any atom is -0.497 e. The molecule has 3 aromatic rings. The number of sulfonamides is 1. The lowest BCUT2D eigenvalue weighted by atomic mass is 10.1. The number of anilines is 1. The monoisotopic (exact) mass is 458 g/mol. The molecule has 162 valence electrons. The molecule has 0 radical (unpaired) electrons. The van der Waals surface area contributed by atoms with Crippen molar-refractivity contribution in [3.8, 4) is 17.0 Å². The largest absolute Gasteiger partial charge is 0.497 e.